The summed E-state index contributed by atoms with van der Waals surface area (Å²) in [5, 5.41) is 8.98. The van der Waals surface area contributed by atoms with E-state index in [4.69, 9.17) is 14.7 Å². The van der Waals surface area contributed by atoms with Crippen LogP contribution in [0.5, 0.6) is 11.5 Å². The third-order valence-corrected chi connectivity index (χ3v) is 2.99. The largest absolute Gasteiger partial charge is 0.497 e. The fourth-order valence-electron chi connectivity index (χ4n) is 1.92. The first-order valence-corrected chi connectivity index (χ1v) is 6.49. The van der Waals surface area contributed by atoms with E-state index in [2.05, 4.69) is 0 Å². The Morgan fingerprint density at radius 1 is 1.14 bits per heavy atom. The molecule has 0 saturated heterocycles. The highest BCUT2D eigenvalue weighted by Crippen LogP contribution is 2.23. The van der Waals surface area contributed by atoms with Gasteiger partial charge >= 0.3 is 0 Å². The molecular formula is C17H15NO3. The van der Waals surface area contributed by atoms with Gasteiger partial charge in [0.25, 0.3) is 0 Å². The Bertz CT molecular complexity index is 674. The first-order chi connectivity index (χ1) is 10.1. The molecule has 4 nitrogen and oxygen atoms in total. The predicted molar refractivity (Wildman–Crippen MR) is 78.6 cm³/mol. The summed E-state index contributed by atoms with van der Waals surface area (Å²) in [4.78, 5) is 12.2. The van der Waals surface area contributed by atoms with E-state index in [0.29, 0.717) is 22.6 Å². The molecule has 0 aliphatic heterocycles. The van der Waals surface area contributed by atoms with Gasteiger partial charge in [-0.15, -0.1) is 0 Å². The van der Waals surface area contributed by atoms with Crippen LogP contribution in [-0.4, -0.2) is 19.0 Å². The summed E-state index contributed by atoms with van der Waals surface area (Å²) in [6.45, 7) is 1.68. The Morgan fingerprint density at radius 2 is 1.81 bits per heavy atom. The number of ether oxygens (including phenoxy) is 2. The van der Waals surface area contributed by atoms with Gasteiger partial charge in [-0.1, -0.05) is 30.3 Å². The molecule has 0 N–H and O–H groups in total. The Kier molecular flexibility index (Phi) is 4.57. The third kappa shape index (κ3) is 3.61. The number of Topliss-reactive ketones (excluding diaryl/α,β-unsaturated/α-hetero) is 1. The van der Waals surface area contributed by atoms with Gasteiger partial charge in [-0.25, -0.2) is 0 Å². The summed E-state index contributed by atoms with van der Waals surface area (Å²) in [5.74, 6) is 0.836. The topological polar surface area (TPSA) is 59.3 Å². The number of ketones is 1. The minimum Gasteiger partial charge on any atom is -0.497 e. The van der Waals surface area contributed by atoms with E-state index in [-0.39, 0.29) is 5.78 Å². The minimum atomic E-state index is -0.647. The summed E-state index contributed by atoms with van der Waals surface area (Å²) in [6.07, 6.45) is -0.647. The van der Waals surface area contributed by atoms with Gasteiger partial charge in [0.05, 0.1) is 18.7 Å². The van der Waals surface area contributed by atoms with E-state index in [1.807, 2.05) is 12.1 Å². The highest BCUT2D eigenvalue weighted by molar-refractivity contribution is 5.99. The normalized spacial score (nSPS) is 11.3. The minimum absolute atomic E-state index is 0.114. The van der Waals surface area contributed by atoms with Crippen LogP contribution in [0.4, 0.5) is 0 Å². The van der Waals surface area contributed by atoms with Gasteiger partial charge in [0.1, 0.15) is 11.5 Å². The van der Waals surface area contributed by atoms with Crippen molar-refractivity contribution in [1.29, 1.82) is 5.26 Å². The Balaban J connectivity index is 2.18. The number of rotatable bonds is 5. The summed E-state index contributed by atoms with van der Waals surface area (Å²) >= 11 is 0. The molecule has 0 bridgehead atoms. The summed E-state index contributed by atoms with van der Waals surface area (Å²) in [7, 11) is 1.51. The SMILES string of the molecule is COc1cc(C#N)cc(OC(C)C(=O)c2ccccc2)c1. The number of nitrogens with zero attached hydrogens (tertiary/aromatic N) is 1. The second-order valence-electron chi connectivity index (χ2n) is 4.50. The van der Waals surface area contributed by atoms with Gasteiger partial charge in [-0.2, -0.15) is 5.26 Å². The average Bonchev–Trinajstić information content (AvgIpc) is 2.54. The molecule has 0 amide bonds. The van der Waals surface area contributed by atoms with Crippen molar-refractivity contribution in [2.45, 2.75) is 13.0 Å². The first-order valence-electron chi connectivity index (χ1n) is 6.49. The van der Waals surface area contributed by atoms with E-state index in [0.717, 1.165) is 0 Å². The molecule has 2 rings (SSSR count). The predicted octanol–water partition coefficient (Wildman–Crippen LogP) is 3.22. The van der Waals surface area contributed by atoms with Crippen molar-refractivity contribution in [2.24, 2.45) is 0 Å². The molecule has 0 aliphatic carbocycles. The van der Waals surface area contributed by atoms with Crippen molar-refractivity contribution >= 4 is 5.78 Å². The molecule has 106 valence electrons. The van der Waals surface area contributed by atoms with Gasteiger partial charge < -0.3 is 9.47 Å². The second-order valence-corrected chi connectivity index (χ2v) is 4.50. The van der Waals surface area contributed by atoms with Crippen molar-refractivity contribution in [3.8, 4) is 17.6 Å². The van der Waals surface area contributed by atoms with Crippen LogP contribution < -0.4 is 9.47 Å². The standard InChI is InChI=1S/C17H15NO3/c1-12(17(19)14-6-4-3-5-7-14)21-16-9-13(11-18)8-15(10-16)20-2/h3-10,12H,1-2H3. The number of hydrogen-bond acceptors (Lipinski definition) is 4. The summed E-state index contributed by atoms with van der Waals surface area (Å²) in [6, 6.07) is 15.8. The van der Waals surface area contributed by atoms with Gasteiger partial charge in [-0.05, 0) is 19.1 Å². The van der Waals surface area contributed by atoms with E-state index in [1.54, 1.807) is 49.4 Å². The highest BCUT2D eigenvalue weighted by Gasteiger charge is 2.17. The van der Waals surface area contributed by atoms with Crippen molar-refractivity contribution in [3.05, 3.63) is 59.7 Å². The summed E-state index contributed by atoms with van der Waals surface area (Å²) < 4.78 is 10.7. The Labute approximate surface area is 123 Å². The lowest BCUT2D eigenvalue weighted by Crippen LogP contribution is -2.23. The van der Waals surface area contributed by atoms with Crippen LogP contribution in [0.25, 0.3) is 0 Å². The number of carbonyl (C=O) groups is 1. The molecule has 1 atom stereocenters. The van der Waals surface area contributed by atoms with Crippen LogP contribution >= 0.6 is 0 Å². The number of nitriles is 1. The molecule has 0 radical (unpaired) electrons. The second kappa shape index (κ2) is 6.58. The maximum atomic E-state index is 12.2. The number of carbonyl (C=O) groups excluding carboxylic acids is 1. The van der Waals surface area contributed by atoms with Gasteiger partial charge in [0.15, 0.2) is 6.10 Å². The number of methoxy groups -OCH3 is 1. The molecule has 1 unspecified atom stereocenters. The lowest BCUT2D eigenvalue weighted by atomic mass is 10.1. The molecular weight excluding hydrogens is 266 g/mol. The molecule has 0 saturated carbocycles. The molecule has 0 heterocycles. The van der Waals surface area contributed by atoms with Crippen LogP contribution in [-0.2, 0) is 0 Å². The van der Waals surface area contributed by atoms with Crippen molar-refractivity contribution in [1.82, 2.24) is 0 Å². The highest BCUT2D eigenvalue weighted by atomic mass is 16.5. The fraction of sp³-hybridized carbons (Fsp3) is 0.176. The third-order valence-electron chi connectivity index (χ3n) is 2.99. The molecule has 2 aromatic rings. The molecule has 0 fully saturated rings. The Morgan fingerprint density at radius 3 is 2.43 bits per heavy atom. The lowest BCUT2D eigenvalue weighted by molar-refractivity contribution is 0.0817. The van der Waals surface area contributed by atoms with Crippen LogP contribution in [0.2, 0.25) is 0 Å². The zero-order valence-corrected chi connectivity index (χ0v) is 11.9. The molecule has 21 heavy (non-hydrogen) atoms. The van der Waals surface area contributed by atoms with E-state index in [9.17, 15) is 4.79 Å². The van der Waals surface area contributed by atoms with Gasteiger partial charge in [0, 0.05) is 11.6 Å². The van der Waals surface area contributed by atoms with E-state index >= 15 is 0 Å². The Hall–Kier alpha value is -2.80. The van der Waals surface area contributed by atoms with Crippen LogP contribution in [0.1, 0.15) is 22.8 Å². The monoisotopic (exact) mass is 281 g/mol. The zero-order chi connectivity index (χ0) is 15.2. The van der Waals surface area contributed by atoms with Gasteiger partial charge in [0.2, 0.25) is 5.78 Å². The lowest BCUT2D eigenvalue weighted by Gasteiger charge is -2.14. The smallest absolute Gasteiger partial charge is 0.202 e. The maximum Gasteiger partial charge on any atom is 0.202 e. The molecule has 0 aliphatic rings. The molecule has 0 aromatic heterocycles. The van der Waals surface area contributed by atoms with E-state index < -0.39 is 6.10 Å². The molecule has 4 heteroatoms. The maximum absolute atomic E-state index is 12.2. The van der Waals surface area contributed by atoms with Gasteiger partial charge in [-0.3, -0.25) is 4.79 Å². The zero-order valence-electron chi connectivity index (χ0n) is 11.9. The first kappa shape index (κ1) is 14.6. The number of hydrogen-bond donors (Lipinski definition) is 0. The van der Waals surface area contributed by atoms with Crippen molar-refractivity contribution < 1.29 is 14.3 Å². The summed E-state index contributed by atoms with van der Waals surface area (Å²) in [5.41, 5.74) is 1.01. The molecule has 0 spiro atoms. The molecule has 2 aromatic carbocycles. The average molecular weight is 281 g/mol. The van der Waals surface area contributed by atoms with Crippen LogP contribution in [0.15, 0.2) is 48.5 Å². The van der Waals surface area contributed by atoms with Crippen LogP contribution in [0.3, 0.4) is 0 Å². The van der Waals surface area contributed by atoms with E-state index in [1.165, 1.54) is 7.11 Å². The van der Waals surface area contributed by atoms with Crippen molar-refractivity contribution in [2.75, 3.05) is 7.11 Å². The quantitative estimate of drug-likeness (QED) is 0.789. The van der Waals surface area contributed by atoms with Crippen LogP contribution in [0, 0.1) is 11.3 Å². The van der Waals surface area contributed by atoms with Crippen molar-refractivity contribution in [3.63, 3.8) is 0 Å². The fourth-order valence-corrected chi connectivity index (χ4v) is 1.92. The number of benzene rings is 2.